The minimum atomic E-state index is -0.902. The van der Waals surface area contributed by atoms with Crippen LogP contribution in [0.25, 0.3) is 32.9 Å². The number of halogens is 2. The molecule has 7 rings (SSSR count). The minimum absolute atomic E-state index is 0.00351. The van der Waals surface area contributed by atoms with Crippen LogP contribution >= 0.6 is 0 Å². The summed E-state index contributed by atoms with van der Waals surface area (Å²) >= 11 is 0. The molecule has 0 spiro atoms. The zero-order chi connectivity index (χ0) is 30.7. The highest BCUT2D eigenvalue weighted by atomic mass is 19.1. The molecule has 3 aliphatic rings. The van der Waals surface area contributed by atoms with Gasteiger partial charge < -0.3 is 19.4 Å². The van der Waals surface area contributed by atoms with Crippen molar-refractivity contribution >= 4 is 33.4 Å². The predicted molar refractivity (Wildman–Crippen MR) is 167 cm³/mol. The summed E-state index contributed by atoms with van der Waals surface area (Å²) in [5, 5.41) is 11.4. The number of likely N-dealkylation sites (N-methyl/N-ethyl adjacent to an activating group) is 1. The van der Waals surface area contributed by atoms with Crippen molar-refractivity contribution in [2.75, 3.05) is 56.1 Å². The zero-order valence-corrected chi connectivity index (χ0v) is 25.1. The van der Waals surface area contributed by atoms with Gasteiger partial charge in [-0.05, 0) is 62.9 Å². The third-order valence-corrected chi connectivity index (χ3v) is 9.25. The van der Waals surface area contributed by atoms with E-state index < -0.39 is 17.0 Å². The monoisotopic (exact) mass is 593 g/mol. The van der Waals surface area contributed by atoms with Gasteiger partial charge in [0.15, 0.2) is 5.82 Å². The van der Waals surface area contributed by atoms with Crippen molar-refractivity contribution in [1.29, 1.82) is 5.26 Å². The van der Waals surface area contributed by atoms with Gasteiger partial charge in [0.2, 0.25) is 5.95 Å². The molecule has 224 valence electrons. The van der Waals surface area contributed by atoms with E-state index in [9.17, 15) is 5.26 Å². The lowest BCUT2D eigenvalue weighted by Crippen LogP contribution is -2.46. The van der Waals surface area contributed by atoms with Crippen LogP contribution in [0.5, 0.6) is 0 Å². The number of hydrogen-bond acceptors (Lipinski definition) is 8. The second kappa shape index (κ2) is 10.7. The van der Waals surface area contributed by atoms with Gasteiger partial charge in [0.05, 0.1) is 34.6 Å². The Morgan fingerprint density at radius 3 is 2.43 bits per heavy atom. The van der Waals surface area contributed by atoms with Gasteiger partial charge >= 0.3 is 0 Å². The van der Waals surface area contributed by atoms with Gasteiger partial charge in [-0.25, -0.2) is 13.8 Å². The van der Waals surface area contributed by atoms with Crippen molar-refractivity contribution in [2.24, 2.45) is 0 Å². The Hall–Kier alpha value is -4.38. The van der Waals surface area contributed by atoms with Crippen molar-refractivity contribution in [3.05, 3.63) is 53.2 Å². The smallest absolute Gasteiger partial charge is 0.228 e. The highest BCUT2D eigenvalue weighted by molar-refractivity contribution is 6.03. The topological polar surface area (TPSA) is 81.4 Å². The summed E-state index contributed by atoms with van der Waals surface area (Å²) in [7, 11) is 2.07. The van der Waals surface area contributed by atoms with Crippen molar-refractivity contribution in [2.45, 2.75) is 44.3 Å². The van der Waals surface area contributed by atoms with Crippen LogP contribution in [-0.4, -0.2) is 78.4 Å². The quantitative estimate of drug-likeness (QED) is 0.305. The van der Waals surface area contributed by atoms with Crippen LogP contribution in [0.15, 0.2) is 30.5 Å². The maximum Gasteiger partial charge on any atom is 0.228 e. The Balaban J connectivity index is 1.48. The Bertz CT molecular complexity index is 1880. The molecule has 8 nitrogen and oxygen atoms in total. The lowest BCUT2D eigenvalue weighted by atomic mass is 9.82. The van der Waals surface area contributed by atoms with Crippen LogP contribution in [0, 0.1) is 35.3 Å². The number of pyridine rings is 1. The number of aromatic nitrogens is 3. The number of piperazine rings is 1. The number of nitrogens with zero attached hydrogens (tertiary/aromatic N) is 7. The van der Waals surface area contributed by atoms with E-state index in [2.05, 4.69) is 38.7 Å². The van der Waals surface area contributed by atoms with Crippen LogP contribution in [0.4, 0.5) is 20.5 Å². The molecule has 2 aromatic heterocycles. The van der Waals surface area contributed by atoms with E-state index in [1.165, 1.54) is 6.07 Å². The molecule has 0 amide bonds. The summed E-state index contributed by atoms with van der Waals surface area (Å²) in [4.78, 5) is 21.0. The van der Waals surface area contributed by atoms with Crippen LogP contribution in [0.1, 0.15) is 37.8 Å². The zero-order valence-electron chi connectivity index (χ0n) is 25.1. The first-order valence-corrected chi connectivity index (χ1v) is 15.0. The molecule has 0 saturated carbocycles. The minimum Gasteiger partial charge on any atom is -0.371 e. The highest BCUT2D eigenvalue weighted by Crippen LogP contribution is 2.40. The predicted octanol–water partition coefficient (Wildman–Crippen LogP) is 5.03. The molecule has 0 unspecified atom stereocenters. The normalized spacial score (nSPS) is 20.7. The van der Waals surface area contributed by atoms with Crippen molar-refractivity contribution in [3.63, 3.8) is 0 Å². The van der Waals surface area contributed by atoms with E-state index in [1.54, 1.807) is 38.2 Å². The second-order valence-electron chi connectivity index (χ2n) is 12.6. The fraction of sp³-hybridized carbons (Fsp3) is 0.412. The van der Waals surface area contributed by atoms with Crippen molar-refractivity contribution in [3.8, 4) is 29.7 Å². The molecule has 44 heavy (non-hydrogen) atoms. The van der Waals surface area contributed by atoms with Crippen LogP contribution < -0.4 is 9.80 Å². The molecular formula is C34H33F2N7O. The Morgan fingerprint density at radius 1 is 1.02 bits per heavy atom. The van der Waals surface area contributed by atoms with Gasteiger partial charge in [0, 0.05) is 56.4 Å². The van der Waals surface area contributed by atoms with E-state index >= 15 is 8.78 Å². The van der Waals surface area contributed by atoms with E-state index in [0.717, 1.165) is 39.0 Å². The lowest BCUT2D eigenvalue weighted by molar-refractivity contribution is 0.0303. The van der Waals surface area contributed by atoms with Crippen LogP contribution in [0.3, 0.4) is 0 Å². The third kappa shape index (κ3) is 4.70. The first-order valence-electron chi connectivity index (χ1n) is 15.0. The molecule has 2 atom stereocenters. The number of terminal acetylenes is 1. The average molecular weight is 594 g/mol. The molecule has 0 aliphatic carbocycles. The van der Waals surface area contributed by atoms with Crippen molar-refractivity contribution in [1.82, 2.24) is 19.9 Å². The van der Waals surface area contributed by atoms with Gasteiger partial charge in [0.25, 0.3) is 0 Å². The SMILES string of the molecule is C#Cc1c(F)ccc2cc(C(C)(C)C#N)cc(-c3ncc4c(N5C[C@H]6CC[C@@H](C5)O6)nc(N5CCN(C)CC5)nc4c3F)c12. The Kier molecular flexibility index (Phi) is 6.88. The van der Waals surface area contributed by atoms with Crippen LogP contribution in [0.2, 0.25) is 0 Å². The molecule has 5 heterocycles. The molecule has 2 bridgehead atoms. The van der Waals surface area contributed by atoms with Gasteiger partial charge in [-0.2, -0.15) is 10.2 Å². The van der Waals surface area contributed by atoms with E-state index in [0.29, 0.717) is 52.1 Å². The molecule has 0 N–H and O–H groups in total. The van der Waals surface area contributed by atoms with E-state index in [4.69, 9.17) is 21.1 Å². The van der Waals surface area contributed by atoms with Crippen molar-refractivity contribution < 1.29 is 13.5 Å². The fourth-order valence-electron chi connectivity index (χ4n) is 6.59. The molecule has 4 aromatic rings. The summed E-state index contributed by atoms with van der Waals surface area (Å²) < 4.78 is 38.1. The Labute approximate surface area is 255 Å². The number of morpholine rings is 1. The number of rotatable bonds is 4. The first-order chi connectivity index (χ1) is 21.2. The number of hydrogen-bond donors (Lipinski definition) is 0. The summed E-state index contributed by atoms with van der Waals surface area (Å²) in [6.07, 6.45) is 9.59. The number of nitriles is 1. The van der Waals surface area contributed by atoms with Gasteiger partial charge in [-0.15, -0.1) is 6.42 Å². The molecule has 3 saturated heterocycles. The number of fused-ring (bicyclic) bond motifs is 4. The molecule has 3 fully saturated rings. The molecule has 0 radical (unpaired) electrons. The number of ether oxygens (including phenoxy) is 1. The van der Waals surface area contributed by atoms with E-state index in [-0.39, 0.29) is 29.0 Å². The second-order valence-corrected chi connectivity index (χ2v) is 12.6. The largest absolute Gasteiger partial charge is 0.371 e. The summed E-state index contributed by atoms with van der Waals surface area (Å²) in [6, 6.07) is 8.72. The maximum absolute atomic E-state index is 17.0. The third-order valence-electron chi connectivity index (χ3n) is 9.25. The number of benzene rings is 2. The lowest BCUT2D eigenvalue weighted by Gasteiger charge is -2.35. The van der Waals surface area contributed by atoms with Crippen LogP contribution in [-0.2, 0) is 10.2 Å². The van der Waals surface area contributed by atoms with Gasteiger partial charge in [-0.1, -0.05) is 12.0 Å². The van der Waals surface area contributed by atoms with Gasteiger partial charge in [-0.3, -0.25) is 4.98 Å². The maximum atomic E-state index is 17.0. The van der Waals surface area contributed by atoms with Gasteiger partial charge in [0.1, 0.15) is 22.8 Å². The molecular weight excluding hydrogens is 560 g/mol. The highest BCUT2D eigenvalue weighted by Gasteiger charge is 2.36. The number of anilines is 2. The fourth-order valence-corrected chi connectivity index (χ4v) is 6.59. The van der Waals surface area contributed by atoms with E-state index in [1.807, 2.05) is 0 Å². The summed E-state index contributed by atoms with van der Waals surface area (Å²) in [6.45, 7) is 8.01. The molecule has 10 heteroatoms. The summed E-state index contributed by atoms with van der Waals surface area (Å²) in [5.41, 5.74) is 0.217. The first kappa shape index (κ1) is 28.4. The molecule has 2 aromatic carbocycles. The average Bonchev–Trinajstić information content (AvgIpc) is 3.37. The summed E-state index contributed by atoms with van der Waals surface area (Å²) in [5.74, 6) is 2.34. The molecule has 3 aliphatic heterocycles. The standard InChI is InChI=1S/C34H33F2N7O/c1-5-24-27(35)9-6-20-14-21(34(2,3)19-37)15-25(28(20)24)30-29(36)31-26(16-38-30)32(43-17-22-7-8-23(18-43)44-22)40-33(39-31)42-12-10-41(4)11-13-42/h1,6,9,14-16,22-23H,7-8,10-13,17-18H2,2-4H3/t22-,23+. The Morgan fingerprint density at radius 2 is 1.75 bits per heavy atom.